The summed E-state index contributed by atoms with van der Waals surface area (Å²) >= 11 is 1.64. The third-order valence-electron chi connectivity index (χ3n) is 4.73. The summed E-state index contributed by atoms with van der Waals surface area (Å²) in [6.07, 6.45) is 9.30. The molecule has 1 fully saturated rings. The van der Waals surface area contributed by atoms with Crippen LogP contribution in [-0.2, 0) is 11.2 Å². The van der Waals surface area contributed by atoms with Crippen LogP contribution in [0.3, 0.4) is 0 Å². The van der Waals surface area contributed by atoms with Gasteiger partial charge in [0.05, 0.1) is 16.7 Å². The average Bonchev–Trinajstić information content (AvgIpc) is 2.95. The van der Waals surface area contributed by atoms with Gasteiger partial charge in [-0.2, -0.15) is 0 Å². The number of rotatable bonds is 6. The number of thiazole rings is 1. The molecule has 0 saturated carbocycles. The molecule has 3 heterocycles. The van der Waals surface area contributed by atoms with Crippen molar-refractivity contribution in [3.05, 3.63) is 34.9 Å². The van der Waals surface area contributed by atoms with Gasteiger partial charge in [-0.05, 0) is 45.0 Å². The molecule has 1 aliphatic rings. The number of pyridine rings is 1. The predicted molar refractivity (Wildman–Crippen MR) is 102 cm³/mol. The Morgan fingerprint density at radius 1 is 1.24 bits per heavy atom. The highest BCUT2D eigenvalue weighted by atomic mass is 32.1. The maximum Gasteiger partial charge on any atom is 0.237 e. The van der Waals surface area contributed by atoms with Crippen LogP contribution in [-0.4, -0.2) is 46.5 Å². The first-order valence-corrected chi connectivity index (χ1v) is 9.98. The molecule has 3 rings (SSSR count). The van der Waals surface area contributed by atoms with Crippen LogP contribution in [0, 0.1) is 0 Å². The van der Waals surface area contributed by atoms with Crippen LogP contribution in [0.25, 0.3) is 11.3 Å². The van der Waals surface area contributed by atoms with Crippen LogP contribution in [0.4, 0.5) is 0 Å². The van der Waals surface area contributed by atoms with Crippen LogP contribution in [0.2, 0.25) is 0 Å². The number of aromatic nitrogens is 2. The highest BCUT2D eigenvalue weighted by Crippen LogP contribution is 2.21. The fourth-order valence-corrected chi connectivity index (χ4v) is 3.98. The van der Waals surface area contributed by atoms with Gasteiger partial charge in [0.25, 0.3) is 0 Å². The number of hydrogen-bond acceptors (Lipinski definition) is 5. The number of hydrogen-bond donors (Lipinski definition) is 1. The molecule has 2 aromatic heterocycles. The normalized spacial score (nSPS) is 17.0. The van der Waals surface area contributed by atoms with Crippen molar-refractivity contribution in [3.63, 3.8) is 0 Å². The summed E-state index contributed by atoms with van der Waals surface area (Å²) in [5.41, 5.74) is 2.06. The lowest BCUT2D eigenvalue weighted by Gasteiger charge is -2.26. The number of nitrogens with zero attached hydrogens (tertiary/aromatic N) is 3. The number of amides is 1. The molecule has 0 spiro atoms. The summed E-state index contributed by atoms with van der Waals surface area (Å²) in [7, 11) is 0. The highest BCUT2D eigenvalue weighted by Gasteiger charge is 2.21. The second kappa shape index (κ2) is 9.06. The van der Waals surface area contributed by atoms with Crippen LogP contribution >= 0.6 is 11.3 Å². The lowest BCUT2D eigenvalue weighted by atomic mass is 10.2. The Kier molecular flexibility index (Phi) is 6.53. The largest absolute Gasteiger partial charge is 0.354 e. The second-order valence-electron chi connectivity index (χ2n) is 6.53. The van der Waals surface area contributed by atoms with Crippen LogP contribution in [0.1, 0.15) is 37.6 Å². The molecule has 1 amide bonds. The highest BCUT2D eigenvalue weighted by molar-refractivity contribution is 7.09. The molecule has 5 nitrogen and oxygen atoms in total. The molecule has 0 bridgehead atoms. The van der Waals surface area contributed by atoms with Crippen LogP contribution in [0.5, 0.6) is 0 Å². The van der Waals surface area contributed by atoms with Crippen molar-refractivity contribution in [1.82, 2.24) is 20.2 Å². The van der Waals surface area contributed by atoms with Gasteiger partial charge in [-0.1, -0.05) is 12.8 Å². The third kappa shape index (κ3) is 5.09. The molecule has 1 N–H and O–H groups in total. The number of carbonyl (C=O) groups excluding carboxylic acids is 1. The summed E-state index contributed by atoms with van der Waals surface area (Å²) < 4.78 is 0. The fraction of sp³-hybridized carbons (Fsp3) is 0.526. The number of likely N-dealkylation sites (tertiary alicyclic amines) is 1. The van der Waals surface area contributed by atoms with E-state index < -0.39 is 0 Å². The zero-order chi connectivity index (χ0) is 17.5. The van der Waals surface area contributed by atoms with E-state index in [0.717, 1.165) is 35.8 Å². The maximum atomic E-state index is 12.4. The van der Waals surface area contributed by atoms with Crippen molar-refractivity contribution in [2.75, 3.05) is 19.6 Å². The van der Waals surface area contributed by atoms with E-state index in [0.29, 0.717) is 6.54 Å². The van der Waals surface area contributed by atoms with E-state index in [9.17, 15) is 4.79 Å². The molecular formula is C19H26N4OS. The van der Waals surface area contributed by atoms with Crippen molar-refractivity contribution in [1.29, 1.82) is 0 Å². The maximum absolute atomic E-state index is 12.4. The summed E-state index contributed by atoms with van der Waals surface area (Å²) in [4.78, 5) is 23.4. The van der Waals surface area contributed by atoms with Gasteiger partial charge in [-0.3, -0.25) is 14.7 Å². The number of carbonyl (C=O) groups is 1. The second-order valence-corrected chi connectivity index (χ2v) is 7.47. The van der Waals surface area contributed by atoms with Crippen LogP contribution in [0.15, 0.2) is 29.9 Å². The molecule has 1 unspecified atom stereocenters. The van der Waals surface area contributed by atoms with Gasteiger partial charge in [0, 0.05) is 36.3 Å². The zero-order valence-corrected chi connectivity index (χ0v) is 15.6. The first-order chi connectivity index (χ1) is 12.2. The molecule has 0 aromatic carbocycles. The van der Waals surface area contributed by atoms with Gasteiger partial charge < -0.3 is 5.32 Å². The standard InChI is InChI=1S/C19H26N4OS/c1-15(23-12-4-2-3-5-13-23)19(24)21-11-8-18-22-17(14-25-18)16-6-9-20-10-7-16/h6-7,9-10,14-15H,2-5,8,11-13H2,1H3,(H,21,24). The van der Waals surface area contributed by atoms with Crippen molar-refractivity contribution >= 4 is 17.2 Å². The SMILES string of the molecule is CC(C(=O)NCCc1nc(-c2ccncc2)cs1)N1CCCCCC1. The fourth-order valence-electron chi connectivity index (χ4n) is 3.17. The zero-order valence-electron chi connectivity index (χ0n) is 14.8. The van der Waals surface area contributed by atoms with E-state index in [1.807, 2.05) is 19.1 Å². The molecule has 6 heteroatoms. The van der Waals surface area contributed by atoms with Gasteiger partial charge >= 0.3 is 0 Å². The molecule has 1 aliphatic heterocycles. The Balaban J connectivity index is 1.46. The minimum Gasteiger partial charge on any atom is -0.354 e. The minimum absolute atomic E-state index is 0.0400. The molecule has 2 aromatic rings. The van der Waals surface area contributed by atoms with Gasteiger partial charge in [-0.25, -0.2) is 4.98 Å². The molecular weight excluding hydrogens is 332 g/mol. The van der Waals surface area contributed by atoms with Gasteiger partial charge in [-0.15, -0.1) is 11.3 Å². The predicted octanol–water partition coefficient (Wildman–Crippen LogP) is 3.13. The van der Waals surface area contributed by atoms with Gasteiger partial charge in [0.1, 0.15) is 0 Å². The Morgan fingerprint density at radius 3 is 2.68 bits per heavy atom. The third-order valence-corrected chi connectivity index (χ3v) is 5.64. The topological polar surface area (TPSA) is 58.1 Å². The summed E-state index contributed by atoms with van der Waals surface area (Å²) in [5, 5.41) is 6.19. The molecule has 25 heavy (non-hydrogen) atoms. The number of nitrogens with one attached hydrogen (secondary N) is 1. The lowest BCUT2D eigenvalue weighted by Crippen LogP contribution is -2.46. The van der Waals surface area contributed by atoms with Crippen LogP contribution < -0.4 is 5.32 Å². The molecule has 0 radical (unpaired) electrons. The van der Waals surface area contributed by atoms with Gasteiger partial charge in [0.15, 0.2) is 0 Å². The minimum atomic E-state index is -0.0400. The van der Waals surface area contributed by atoms with Gasteiger partial charge in [0.2, 0.25) is 5.91 Å². The first kappa shape index (κ1) is 18.0. The van der Waals surface area contributed by atoms with Crippen molar-refractivity contribution in [2.45, 2.75) is 45.1 Å². The Hall–Kier alpha value is -1.79. The van der Waals surface area contributed by atoms with E-state index in [1.165, 1.54) is 25.7 Å². The summed E-state index contributed by atoms with van der Waals surface area (Å²) in [6, 6.07) is 3.88. The summed E-state index contributed by atoms with van der Waals surface area (Å²) in [5.74, 6) is 0.132. The Bertz CT molecular complexity index is 665. The van der Waals surface area contributed by atoms with E-state index in [4.69, 9.17) is 0 Å². The Labute approximate surface area is 153 Å². The lowest BCUT2D eigenvalue weighted by molar-refractivity contribution is -0.125. The monoisotopic (exact) mass is 358 g/mol. The average molecular weight is 359 g/mol. The van der Waals surface area contributed by atoms with E-state index in [-0.39, 0.29) is 11.9 Å². The van der Waals surface area contributed by atoms with E-state index in [1.54, 1.807) is 23.7 Å². The van der Waals surface area contributed by atoms with Crippen molar-refractivity contribution in [2.24, 2.45) is 0 Å². The quantitative estimate of drug-likeness (QED) is 0.862. The van der Waals surface area contributed by atoms with Crippen molar-refractivity contribution < 1.29 is 4.79 Å². The first-order valence-electron chi connectivity index (χ1n) is 9.10. The molecule has 1 atom stereocenters. The molecule has 1 saturated heterocycles. The summed E-state index contributed by atoms with van der Waals surface area (Å²) in [6.45, 7) is 4.73. The Morgan fingerprint density at radius 2 is 1.96 bits per heavy atom. The molecule has 134 valence electrons. The van der Waals surface area contributed by atoms with E-state index in [2.05, 4.69) is 25.6 Å². The van der Waals surface area contributed by atoms with E-state index >= 15 is 0 Å². The molecule has 0 aliphatic carbocycles. The smallest absolute Gasteiger partial charge is 0.237 e. The van der Waals surface area contributed by atoms with Crippen molar-refractivity contribution in [3.8, 4) is 11.3 Å².